The van der Waals surface area contributed by atoms with E-state index in [-0.39, 0.29) is 16.4 Å². The van der Waals surface area contributed by atoms with Crippen LogP contribution in [0, 0.1) is 0 Å². The Balaban J connectivity index is 1.78. The minimum absolute atomic E-state index is 0.210. The molecule has 2 aliphatic heterocycles. The molecule has 0 N–H and O–H groups in total. The average Bonchev–Trinajstić information content (AvgIpc) is 3.15. The van der Waals surface area contributed by atoms with E-state index in [0.29, 0.717) is 33.6 Å². The van der Waals surface area contributed by atoms with Crippen LogP contribution in [0.1, 0.15) is 19.4 Å². The number of thioether (sulfide) groups is 1. The van der Waals surface area contributed by atoms with Crippen LogP contribution in [0.4, 0.5) is 11.4 Å². The Kier molecular flexibility index (Phi) is 4.97. The number of anilines is 2. The Hall–Kier alpha value is -2.97. The highest BCUT2D eigenvalue weighted by molar-refractivity contribution is 8.27. The zero-order valence-electron chi connectivity index (χ0n) is 15.7. The summed E-state index contributed by atoms with van der Waals surface area (Å²) in [5.74, 6) is -0.602. The van der Waals surface area contributed by atoms with Crippen LogP contribution in [-0.2, 0) is 14.4 Å². The first-order chi connectivity index (χ1) is 13.9. The molecule has 146 valence electrons. The molecule has 4 rings (SSSR count). The number of carbonyl (C=O) groups excluding carboxylic acids is 3. The number of hydrogen-bond donors (Lipinski definition) is 0. The number of nitrogens with zero attached hydrogens (tertiary/aromatic N) is 2. The minimum Gasteiger partial charge on any atom is -0.494 e. The second kappa shape index (κ2) is 7.46. The van der Waals surface area contributed by atoms with Crippen LogP contribution in [0.25, 0.3) is 5.57 Å². The number of imide groups is 1. The molecule has 0 aromatic heterocycles. The van der Waals surface area contributed by atoms with Crippen molar-refractivity contribution in [2.75, 3.05) is 16.4 Å². The van der Waals surface area contributed by atoms with Crippen LogP contribution >= 0.6 is 24.0 Å². The van der Waals surface area contributed by atoms with Crippen LogP contribution in [0.15, 0.2) is 53.4 Å². The van der Waals surface area contributed by atoms with Crippen molar-refractivity contribution in [2.24, 2.45) is 0 Å². The molecule has 1 saturated heterocycles. The second-order valence-corrected chi connectivity index (χ2v) is 7.96. The Morgan fingerprint density at radius 1 is 1.07 bits per heavy atom. The number of amides is 3. The van der Waals surface area contributed by atoms with Crippen molar-refractivity contribution < 1.29 is 19.1 Å². The van der Waals surface area contributed by atoms with Gasteiger partial charge in [0.25, 0.3) is 11.8 Å². The lowest BCUT2D eigenvalue weighted by molar-refractivity contribution is -0.122. The maximum Gasteiger partial charge on any atom is 0.271 e. The van der Waals surface area contributed by atoms with E-state index < -0.39 is 11.8 Å². The van der Waals surface area contributed by atoms with Gasteiger partial charge < -0.3 is 4.74 Å². The predicted octanol–water partition coefficient (Wildman–Crippen LogP) is 3.75. The normalized spacial score (nSPS) is 18.5. The Morgan fingerprint density at radius 2 is 1.76 bits per heavy atom. The highest BCUT2D eigenvalue weighted by atomic mass is 32.2. The molecule has 2 aromatic rings. The van der Waals surface area contributed by atoms with Gasteiger partial charge in [-0.05, 0) is 37.3 Å². The first kappa shape index (κ1) is 19.4. The van der Waals surface area contributed by atoms with Gasteiger partial charge in [0, 0.05) is 12.5 Å². The van der Waals surface area contributed by atoms with Crippen LogP contribution < -0.4 is 14.5 Å². The van der Waals surface area contributed by atoms with E-state index >= 15 is 0 Å². The molecule has 0 spiro atoms. The molecule has 0 radical (unpaired) electrons. The SMILES string of the molecule is CCOc1ccc(N2C(=O)C(=C3C(=O)N(C(C)=O)c4ccccc43)SC2=S)cc1. The van der Waals surface area contributed by atoms with Crippen molar-refractivity contribution in [3.63, 3.8) is 0 Å². The van der Waals surface area contributed by atoms with Crippen molar-refractivity contribution >= 4 is 63.0 Å². The van der Waals surface area contributed by atoms with Gasteiger partial charge in [0.2, 0.25) is 5.91 Å². The number of ether oxygens (including phenoxy) is 1. The van der Waals surface area contributed by atoms with E-state index in [1.54, 1.807) is 48.5 Å². The number of hydrogen-bond acceptors (Lipinski definition) is 6. The van der Waals surface area contributed by atoms with E-state index in [2.05, 4.69) is 0 Å². The summed E-state index contributed by atoms with van der Waals surface area (Å²) >= 11 is 6.49. The summed E-state index contributed by atoms with van der Waals surface area (Å²) in [6.07, 6.45) is 0. The molecule has 0 aliphatic carbocycles. The van der Waals surface area contributed by atoms with Crippen LogP contribution in [-0.4, -0.2) is 28.6 Å². The van der Waals surface area contributed by atoms with Crippen LogP contribution in [0.3, 0.4) is 0 Å². The third-order valence-corrected chi connectivity index (χ3v) is 5.92. The highest BCUT2D eigenvalue weighted by Gasteiger charge is 2.43. The fourth-order valence-corrected chi connectivity index (χ4v) is 4.72. The fourth-order valence-electron chi connectivity index (χ4n) is 3.35. The maximum atomic E-state index is 13.2. The molecule has 29 heavy (non-hydrogen) atoms. The van der Waals surface area contributed by atoms with E-state index in [0.717, 1.165) is 16.7 Å². The zero-order valence-corrected chi connectivity index (χ0v) is 17.3. The smallest absolute Gasteiger partial charge is 0.271 e. The van der Waals surface area contributed by atoms with Crippen LogP contribution in [0.2, 0.25) is 0 Å². The number of benzene rings is 2. The van der Waals surface area contributed by atoms with Gasteiger partial charge in [-0.15, -0.1) is 0 Å². The van der Waals surface area contributed by atoms with Crippen LogP contribution in [0.5, 0.6) is 5.75 Å². The van der Waals surface area contributed by atoms with Crippen molar-refractivity contribution in [3.8, 4) is 5.75 Å². The lowest BCUT2D eigenvalue weighted by atomic mass is 10.1. The summed E-state index contributed by atoms with van der Waals surface area (Å²) in [6, 6.07) is 13.9. The molecule has 2 aliphatic rings. The highest BCUT2D eigenvalue weighted by Crippen LogP contribution is 2.45. The summed E-state index contributed by atoms with van der Waals surface area (Å²) in [4.78, 5) is 41.0. The Morgan fingerprint density at radius 3 is 2.41 bits per heavy atom. The quantitative estimate of drug-likeness (QED) is 0.552. The number of thiocarbonyl (C=S) groups is 1. The van der Waals surface area contributed by atoms with Gasteiger partial charge in [0.1, 0.15) is 5.75 Å². The van der Waals surface area contributed by atoms with Gasteiger partial charge in [-0.3, -0.25) is 19.3 Å². The van der Waals surface area contributed by atoms with Gasteiger partial charge >= 0.3 is 0 Å². The molecule has 2 aromatic carbocycles. The standard InChI is InChI=1S/C21H16N2O4S2/c1-3-27-14-10-8-13(9-11-14)23-20(26)18(29-21(23)28)17-15-6-4-5-7-16(15)22(12(2)24)19(17)25/h4-11H,3H2,1-2H3. The molecule has 0 unspecified atom stereocenters. The molecule has 3 amide bonds. The molecular formula is C21H16N2O4S2. The third-order valence-electron chi connectivity index (χ3n) is 4.55. The summed E-state index contributed by atoms with van der Waals surface area (Å²) in [5, 5.41) is 0. The van der Waals surface area contributed by atoms with Gasteiger partial charge in [0.15, 0.2) is 4.32 Å². The topological polar surface area (TPSA) is 66.9 Å². The van der Waals surface area contributed by atoms with Crippen molar-refractivity contribution in [2.45, 2.75) is 13.8 Å². The lowest BCUT2D eigenvalue weighted by Crippen LogP contribution is -2.32. The first-order valence-corrected chi connectivity index (χ1v) is 10.1. The van der Waals surface area contributed by atoms with E-state index in [1.807, 2.05) is 6.92 Å². The van der Waals surface area contributed by atoms with E-state index in [9.17, 15) is 14.4 Å². The number of para-hydroxylation sites is 1. The number of carbonyl (C=O) groups is 3. The van der Waals surface area contributed by atoms with Gasteiger partial charge in [-0.2, -0.15) is 0 Å². The van der Waals surface area contributed by atoms with Crippen molar-refractivity contribution in [1.29, 1.82) is 0 Å². The molecule has 2 heterocycles. The Labute approximate surface area is 177 Å². The molecule has 1 fully saturated rings. The minimum atomic E-state index is -0.508. The van der Waals surface area contributed by atoms with Gasteiger partial charge in [-0.1, -0.05) is 42.2 Å². The first-order valence-electron chi connectivity index (χ1n) is 8.92. The second-order valence-electron chi connectivity index (χ2n) is 6.32. The molecule has 8 heteroatoms. The largest absolute Gasteiger partial charge is 0.494 e. The molecule has 0 saturated carbocycles. The fraction of sp³-hybridized carbons (Fsp3) is 0.143. The summed E-state index contributed by atoms with van der Waals surface area (Å²) < 4.78 is 5.76. The molecule has 0 bridgehead atoms. The van der Waals surface area contributed by atoms with Gasteiger partial charge in [0.05, 0.1) is 28.5 Å². The molecule has 0 atom stereocenters. The molecule has 6 nitrogen and oxygen atoms in total. The Bertz CT molecular complexity index is 1090. The lowest BCUT2D eigenvalue weighted by Gasteiger charge is -2.15. The summed E-state index contributed by atoms with van der Waals surface area (Å²) in [6.45, 7) is 3.76. The predicted molar refractivity (Wildman–Crippen MR) is 117 cm³/mol. The van der Waals surface area contributed by atoms with Crippen molar-refractivity contribution in [1.82, 2.24) is 0 Å². The maximum absolute atomic E-state index is 13.2. The number of rotatable bonds is 3. The zero-order chi connectivity index (χ0) is 20.7. The van der Waals surface area contributed by atoms with Gasteiger partial charge in [-0.25, -0.2) is 4.90 Å². The molecular weight excluding hydrogens is 408 g/mol. The number of fused-ring (bicyclic) bond motifs is 1. The summed E-state index contributed by atoms with van der Waals surface area (Å²) in [5.41, 5.74) is 1.83. The average molecular weight is 425 g/mol. The third kappa shape index (κ3) is 3.14. The van der Waals surface area contributed by atoms with E-state index in [4.69, 9.17) is 17.0 Å². The van der Waals surface area contributed by atoms with Crippen molar-refractivity contribution in [3.05, 3.63) is 59.0 Å². The summed E-state index contributed by atoms with van der Waals surface area (Å²) in [7, 11) is 0. The monoisotopic (exact) mass is 424 g/mol. The van der Waals surface area contributed by atoms with E-state index in [1.165, 1.54) is 11.8 Å².